The minimum atomic E-state index is -0.378. The summed E-state index contributed by atoms with van der Waals surface area (Å²) < 4.78 is 4.25. The fraction of sp³-hybridized carbons (Fsp3) is 0.217. The molecular weight excluding hydrogens is 410 g/mol. The number of aromatic nitrogens is 3. The Morgan fingerprint density at radius 2 is 1.84 bits per heavy atom. The summed E-state index contributed by atoms with van der Waals surface area (Å²) in [5.74, 6) is 0. The van der Waals surface area contributed by atoms with Crippen LogP contribution in [-0.2, 0) is 13.1 Å². The van der Waals surface area contributed by atoms with Crippen molar-refractivity contribution in [3.8, 4) is 11.3 Å². The highest BCUT2D eigenvalue weighted by Crippen LogP contribution is 2.24. The summed E-state index contributed by atoms with van der Waals surface area (Å²) in [6, 6.07) is 13.0. The van der Waals surface area contributed by atoms with Crippen LogP contribution in [0.25, 0.3) is 11.3 Å². The van der Waals surface area contributed by atoms with E-state index in [1.807, 2.05) is 12.5 Å². The Labute approximate surface area is 184 Å². The molecule has 0 aliphatic heterocycles. The lowest BCUT2D eigenvalue weighted by Crippen LogP contribution is -2.17. The van der Waals surface area contributed by atoms with E-state index in [4.69, 9.17) is 4.99 Å². The molecule has 0 aliphatic carbocycles. The fourth-order valence-electron chi connectivity index (χ4n) is 3.58. The third-order valence-corrected chi connectivity index (χ3v) is 5.82. The van der Waals surface area contributed by atoms with E-state index in [2.05, 4.69) is 51.5 Å². The van der Waals surface area contributed by atoms with E-state index in [-0.39, 0.29) is 10.6 Å². The molecule has 0 bridgehead atoms. The molecule has 2 aromatic carbocycles. The number of nitro groups is 1. The highest BCUT2D eigenvalue weighted by atomic mass is 32.1. The largest absolute Gasteiger partial charge is 0.337 e. The lowest BCUT2D eigenvalue weighted by molar-refractivity contribution is -0.384. The van der Waals surface area contributed by atoms with E-state index in [0.717, 1.165) is 41.3 Å². The molecule has 0 N–H and O–H groups in total. The third kappa shape index (κ3) is 4.97. The zero-order chi connectivity index (χ0) is 21.8. The molecule has 0 radical (unpaired) electrons. The highest BCUT2D eigenvalue weighted by Gasteiger charge is 2.11. The minimum absolute atomic E-state index is 0.0887. The number of imidazole rings is 1. The molecule has 8 heteroatoms. The van der Waals surface area contributed by atoms with Crippen molar-refractivity contribution in [1.82, 2.24) is 14.1 Å². The Morgan fingerprint density at radius 3 is 2.48 bits per heavy atom. The number of hydrogen-bond donors (Lipinski definition) is 0. The molecule has 2 heterocycles. The van der Waals surface area contributed by atoms with Crippen LogP contribution < -0.4 is 4.80 Å². The predicted molar refractivity (Wildman–Crippen MR) is 122 cm³/mol. The van der Waals surface area contributed by atoms with Crippen molar-refractivity contribution in [3.05, 3.63) is 92.6 Å². The van der Waals surface area contributed by atoms with Gasteiger partial charge in [0.15, 0.2) is 4.80 Å². The van der Waals surface area contributed by atoms with Crippen LogP contribution in [0.5, 0.6) is 0 Å². The molecule has 158 valence electrons. The fourth-order valence-corrected chi connectivity index (χ4v) is 4.53. The van der Waals surface area contributed by atoms with Crippen molar-refractivity contribution in [1.29, 1.82) is 0 Å². The van der Waals surface area contributed by atoms with Gasteiger partial charge in [-0.05, 0) is 61.2 Å². The number of thiazole rings is 1. The van der Waals surface area contributed by atoms with Gasteiger partial charge < -0.3 is 9.13 Å². The summed E-state index contributed by atoms with van der Waals surface area (Å²) in [6.07, 6.45) is 6.46. The number of aryl methyl sites for hydroxylation is 3. The zero-order valence-corrected chi connectivity index (χ0v) is 18.2. The standard InChI is InChI=1S/C23H23N5O2S/c1-17-12-18(2)14-20(13-17)25-23-27(10-3-9-26-11-8-24-16-26)22(15-31-23)19-4-6-21(7-5-19)28(29)30/h4-8,11-16H,3,9-10H2,1-2H3. The number of benzene rings is 2. The number of rotatable bonds is 7. The van der Waals surface area contributed by atoms with E-state index in [1.54, 1.807) is 41.8 Å². The van der Waals surface area contributed by atoms with Crippen LogP contribution in [0, 0.1) is 24.0 Å². The number of nitrogens with zero attached hydrogens (tertiary/aromatic N) is 5. The van der Waals surface area contributed by atoms with Crippen LogP contribution in [0.4, 0.5) is 11.4 Å². The molecule has 7 nitrogen and oxygen atoms in total. The second-order valence-electron chi connectivity index (χ2n) is 7.47. The van der Waals surface area contributed by atoms with Crippen LogP contribution in [0.2, 0.25) is 0 Å². The van der Waals surface area contributed by atoms with Crippen molar-refractivity contribution < 1.29 is 4.92 Å². The third-order valence-electron chi connectivity index (χ3n) is 4.96. The average molecular weight is 434 g/mol. The molecule has 0 saturated heterocycles. The summed E-state index contributed by atoms with van der Waals surface area (Å²) in [6.45, 7) is 5.77. The second-order valence-corrected chi connectivity index (χ2v) is 8.31. The first kappa shape index (κ1) is 20.7. The number of hydrogen-bond acceptors (Lipinski definition) is 5. The Balaban J connectivity index is 1.71. The summed E-state index contributed by atoms with van der Waals surface area (Å²) >= 11 is 1.58. The molecule has 2 aromatic heterocycles. The van der Waals surface area contributed by atoms with Crippen molar-refractivity contribution in [2.75, 3.05) is 0 Å². The number of non-ortho nitro benzene ring substituents is 1. The maximum absolute atomic E-state index is 11.0. The predicted octanol–water partition coefficient (Wildman–Crippen LogP) is 5.26. The van der Waals surface area contributed by atoms with Crippen LogP contribution in [-0.4, -0.2) is 19.0 Å². The van der Waals surface area contributed by atoms with Crippen LogP contribution in [0.1, 0.15) is 17.5 Å². The van der Waals surface area contributed by atoms with Crippen LogP contribution >= 0.6 is 11.3 Å². The van der Waals surface area contributed by atoms with Gasteiger partial charge in [0.25, 0.3) is 5.69 Å². The minimum Gasteiger partial charge on any atom is -0.337 e. The maximum Gasteiger partial charge on any atom is 0.269 e. The quantitative estimate of drug-likeness (QED) is 0.295. The van der Waals surface area contributed by atoms with Crippen molar-refractivity contribution in [3.63, 3.8) is 0 Å². The normalized spacial score (nSPS) is 11.7. The second kappa shape index (κ2) is 9.09. The van der Waals surface area contributed by atoms with Gasteiger partial charge in [-0.1, -0.05) is 6.07 Å². The van der Waals surface area contributed by atoms with Gasteiger partial charge in [0.1, 0.15) is 0 Å². The van der Waals surface area contributed by atoms with Gasteiger partial charge in [-0.3, -0.25) is 10.1 Å². The van der Waals surface area contributed by atoms with Crippen molar-refractivity contribution in [2.45, 2.75) is 33.4 Å². The Kier molecular flexibility index (Phi) is 6.08. The van der Waals surface area contributed by atoms with Crippen LogP contribution in [0.3, 0.4) is 0 Å². The van der Waals surface area contributed by atoms with Gasteiger partial charge in [-0.15, -0.1) is 11.3 Å². The molecule has 4 rings (SSSR count). The molecule has 0 aliphatic rings. The Hall–Kier alpha value is -3.52. The average Bonchev–Trinajstić information content (AvgIpc) is 3.38. The van der Waals surface area contributed by atoms with Crippen molar-refractivity contribution >= 4 is 22.7 Å². The van der Waals surface area contributed by atoms with E-state index >= 15 is 0 Å². The van der Waals surface area contributed by atoms with E-state index in [1.165, 1.54) is 11.1 Å². The SMILES string of the molecule is Cc1cc(C)cc(N=c2scc(-c3ccc([N+](=O)[O-])cc3)n2CCCn2ccnc2)c1. The van der Waals surface area contributed by atoms with Gasteiger partial charge in [0.05, 0.1) is 22.6 Å². The monoisotopic (exact) mass is 433 g/mol. The molecule has 4 aromatic rings. The van der Waals surface area contributed by atoms with Gasteiger partial charge in [0.2, 0.25) is 0 Å². The topological polar surface area (TPSA) is 78.2 Å². The first-order chi connectivity index (χ1) is 15.0. The van der Waals surface area contributed by atoms with Gasteiger partial charge in [-0.2, -0.15) is 0 Å². The lowest BCUT2D eigenvalue weighted by atomic mass is 10.1. The Bertz CT molecular complexity index is 1230. The molecule has 0 saturated carbocycles. The lowest BCUT2D eigenvalue weighted by Gasteiger charge is -2.10. The summed E-state index contributed by atoms with van der Waals surface area (Å²) in [7, 11) is 0. The van der Waals surface area contributed by atoms with Gasteiger partial charge in [-0.25, -0.2) is 9.98 Å². The molecule has 0 fully saturated rings. The van der Waals surface area contributed by atoms with E-state index in [9.17, 15) is 10.1 Å². The summed E-state index contributed by atoms with van der Waals surface area (Å²) in [5.41, 5.74) is 5.32. The van der Waals surface area contributed by atoms with Crippen molar-refractivity contribution in [2.24, 2.45) is 4.99 Å². The smallest absolute Gasteiger partial charge is 0.269 e. The van der Waals surface area contributed by atoms with E-state index < -0.39 is 0 Å². The first-order valence-electron chi connectivity index (χ1n) is 10.0. The zero-order valence-electron chi connectivity index (χ0n) is 17.4. The molecular formula is C23H23N5O2S. The summed E-state index contributed by atoms with van der Waals surface area (Å²) in [5, 5.41) is 13.1. The summed E-state index contributed by atoms with van der Waals surface area (Å²) in [4.78, 5) is 20.6. The Morgan fingerprint density at radius 1 is 1.10 bits per heavy atom. The number of nitro benzene ring substituents is 1. The molecule has 0 spiro atoms. The first-order valence-corrected chi connectivity index (χ1v) is 10.9. The van der Waals surface area contributed by atoms with Gasteiger partial charge >= 0.3 is 0 Å². The maximum atomic E-state index is 11.0. The molecule has 31 heavy (non-hydrogen) atoms. The van der Waals surface area contributed by atoms with Crippen LogP contribution in [0.15, 0.2) is 71.6 Å². The van der Waals surface area contributed by atoms with E-state index in [0.29, 0.717) is 0 Å². The molecule has 0 atom stereocenters. The highest BCUT2D eigenvalue weighted by molar-refractivity contribution is 7.07. The van der Waals surface area contributed by atoms with Gasteiger partial charge in [0, 0.05) is 43.0 Å². The molecule has 0 amide bonds. The molecule has 0 unspecified atom stereocenters.